The van der Waals surface area contributed by atoms with Crippen LogP contribution in [0.15, 0.2) is 29.6 Å². The van der Waals surface area contributed by atoms with Crippen molar-refractivity contribution in [2.24, 2.45) is 5.92 Å². The molecule has 5 nitrogen and oxygen atoms in total. The number of esters is 1. The second kappa shape index (κ2) is 8.26. The number of aromatic nitrogens is 1. The highest BCUT2D eigenvalue weighted by atomic mass is 35.5. The molecule has 1 atom stereocenters. The molecule has 0 fully saturated rings. The van der Waals surface area contributed by atoms with Crippen LogP contribution in [0.4, 0.5) is 0 Å². The fourth-order valence-corrected chi connectivity index (χ4v) is 2.82. The van der Waals surface area contributed by atoms with Crippen LogP contribution in [0.5, 0.6) is 0 Å². The molecule has 2 aromatic rings. The Labute approximate surface area is 150 Å². The molecule has 0 saturated heterocycles. The van der Waals surface area contributed by atoms with Gasteiger partial charge in [-0.2, -0.15) is 0 Å². The van der Waals surface area contributed by atoms with Crippen LogP contribution >= 0.6 is 22.9 Å². The Bertz CT molecular complexity index is 730. The third-order valence-electron chi connectivity index (χ3n) is 3.12. The first-order chi connectivity index (χ1) is 11.4. The van der Waals surface area contributed by atoms with Gasteiger partial charge in [-0.3, -0.25) is 4.79 Å². The molecule has 0 aliphatic heterocycles. The van der Waals surface area contributed by atoms with Gasteiger partial charge in [0.15, 0.2) is 11.8 Å². The molecule has 24 heavy (non-hydrogen) atoms. The minimum absolute atomic E-state index is 0.179. The zero-order chi connectivity index (χ0) is 17.7. The highest BCUT2D eigenvalue weighted by molar-refractivity contribution is 7.13. The lowest BCUT2D eigenvalue weighted by atomic mass is 10.2. The lowest BCUT2D eigenvalue weighted by Crippen LogP contribution is -2.37. The van der Waals surface area contributed by atoms with Gasteiger partial charge in [-0.15, -0.1) is 11.3 Å². The van der Waals surface area contributed by atoms with Gasteiger partial charge in [0, 0.05) is 22.5 Å². The highest BCUT2D eigenvalue weighted by Crippen LogP contribution is 2.26. The number of thiazole rings is 1. The van der Waals surface area contributed by atoms with Crippen LogP contribution in [-0.4, -0.2) is 29.5 Å². The molecule has 1 N–H and O–H groups in total. The topological polar surface area (TPSA) is 68.3 Å². The molecule has 0 aliphatic rings. The molecule has 0 unspecified atom stereocenters. The average Bonchev–Trinajstić information content (AvgIpc) is 3.02. The number of nitrogens with one attached hydrogen (secondary N) is 1. The first kappa shape index (κ1) is 18.4. The van der Waals surface area contributed by atoms with Crippen molar-refractivity contribution in [2.75, 3.05) is 6.54 Å². The Morgan fingerprint density at radius 2 is 2.08 bits per heavy atom. The highest BCUT2D eigenvalue weighted by Gasteiger charge is 2.21. The molecule has 1 heterocycles. The molecule has 1 aromatic heterocycles. The summed E-state index contributed by atoms with van der Waals surface area (Å²) in [6.07, 6.45) is -0.868. The van der Waals surface area contributed by atoms with E-state index in [0.717, 1.165) is 5.56 Å². The van der Waals surface area contributed by atoms with Crippen molar-refractivity contribution in [3.8, 4) is 10.6 Å². The van der Waals surface area contributed by atoms with Crippen LogP contribution < -0.4 is 5.32 Å². The van der Waals surface area contributed by atoms with Gasteiger partial charge in [-0.25, -0.2) is 9.78 Å². The normalized spacial score (nSPS) is 12.0. The Balaban J connectivity index is 1.99. The van der Waals surface area contributed by atoms with Gasteiger partial charge in [-0.1, -0.05) is 37.6 Å². The molecule has 128 valence electrons. The van der Waals surface area contributed by atoms with Gasteiger partial charge in [0.25, 0.3) is 5.91 Å². The zero-order valence-electron chi connectivity index (χ0n) is 13.7. The van der Waals surface area contributed by atoms with Gasteiger partial charge >= 0.3 is 5.97 Å². The number of amides is 1. The molecular formula is C17H19ClN2O3S. The molecule has 7 heteroatoms. The fraction of sp³-hybridized carbons (Fsp3) is 0.353. The second-order valence-corrected chi connectivity index (χ2v) is 7.03. The smallest absolute Gasteiger partial charge is 0.358 e. The quantitative estimate of drug-likeness (QED) is 0.790. The molecular weight excluding hydrogens is 348 g/mol. The number of carbonyl (C=O) groups excluding carboxylic acids is 2. The van der Waals surface area contributed by atoms with E-state index in [1.165, 1.54) is 18.3 Å². The van der Waals surface area contributed by atoms with E-state index < -0.39 is 12.1 Å². The molecule has 0 radical (unpaired) electrons. The number of ether oxygens (including phenoxy) is 1. The number of halogens is 1. The van der Waals surface area contributed by atoms with Crippen LogP contribution in [-0.2, 0) is 9.53 Å². The molecule has 2 rings (SSSR count). The third-order valence-corrected chi connectivity index (χ3v) is 4.25. The summed E-state index contributed by atoms with van der Waals surface area (Å²) in [4.78, 5) is 28.2. The third kappa shape index (κ3) is 5.04. The van der Waals surface area contributed by atoms with Crippen molar-refractivity contribution in [1.29, 1.82) is 0 Å². The van der Waals surface area contributed by atoms with Gasteiger partial charge in [0.1, 0.15) is 5.01 Å². The second-order valence-electron chi connectivity index (χ2n) is 5.73. The van der Waals surface area contributed by atoms with E-state index in [0.29, 0.717) is 22.5 Å². The predicted molar refractivity (Wildman–Crippen MR) is 95.3 cm³/mol. The monoisotopic (exact) mass is 366 g/mol. The van der Waals surface area contributed by atoms with Crippen molar-refractivity contribution in [3.05, 3.63) is 40.4 Å². The standard InChI is InChI=1S/C17H19ClN2O3S/c1-10(2)8-19-15(21)11(3)23-17(22)14-9-24-16(20-14)12-5-4-6-13(18)7-12/h4-7,9-11H,8H2,1-3H3,(H,19,21)/t11-/m1/s1. The summed E-state index contributed by atoms with van der Waals surface area (Å²) in [5.74, 6) is -0.607. The van der Waals surface area contributed by atoms with Gasteiger partial charge in [0.05, 0.1) is 0 Å². The maximum absolute atomic E-state index is 12.1. The van der Waals surface area contributed by atoms with Crippen molar-refractivity contribution in [2.45, 2.75) is 26.9 Å². The molecule has 0 spiro atoms. The number of rotatable bonds is 6. The molecule has 1 amide bonds. The number of carbonyl (C=O) groups is 2. The predicted octanol–water partition coefficient (Wildman–Crippen LogP) is 3.78. The maximum Gasteiger partial charge on any atom is 0.358 e. The summed E-state index contributed by atoms with van der Waals surface area (Å²) in [5.41, 5.74) is 1.01. The summed E-state index contributed by atoms with van der Waals surface area (Å²) in [6, 6.07) is 7.22. The lowest BCUT2D eigenvalue weighted by Gasteiger charge is -2.13. The van der Waals surface area contributed by atoms with Crippen LogP contribution in [0, 0.1) is 5.92 Å². The minimum atomic E-state index is -0.868. The number of hydrogen-bond donors (Lipinski definition) is 1. The maximum atomic E-state index is 12.1. The van der Waals surface area contributed by atoms with Gasteiger partial charge in [-0.05, 0) is 25.0 Å². The van der Waals surface area contributed by atoms with Gasteiger partial charge < -0.3 is 10.1 Å². The summed E-state index contributed by atoms with van der Waals surface area (Å²) in [7, 11) is 0. The summed E-state index contributed by atoms with van der Waals surface area (Å²) in [5, 5.41) is 5.60. The SMILES string of the molecule is CC(C)CNC(=O)[C@@H](C)OC(=O)c1csc(-c2cccc(Cl)c2)n1. The van der Waals surface area contributed by atoms with Crippen molar-refractivity contribution in [1.82, 2.24) is 10.3 Å². The summed E-state index contributed by atoms with van der Waals surface area (Å²) in [6.45, 7) is 6.06. The Morgan fingerprint density at radius 3 is 2.75 bits per heavy atom. The zero-order valence-corrected chi connectivity index (χ0v) is 15.3. The van der Waals surface area contributed by atoms with Crippen LogP contribution in [0.1, 0.15) is 31.3 Å². The summed E-state index contributed by atoms with van der Waals surface area (Å²) < 4.78 is 5.17. The van der Waals surface area contributed by atoms with Crippen molar-refractivity contribution < 1.29 is 14.3 Å². The number of benzene rings is 1. The fourth-order valence-electron chi connectivity index (χ4n) is 1.84. The van der Waals surface area contributed by atoms with Crippen LogP contribution in [0.2, 0.25) is 5.02 Å². The largest absolute Gasteiger partial charge is 0.448 e. The first-order valence-electron chi connectivity index (χ1n) is 7.57. The van der Waals surface area contributed by atoms with Crippen LogP contribution in [0.3, 0.4) is 0 Å². The van der Waals surface area contributed by atoms with Crippen molar-refractivity contribution >= 4 is 34.8 Å². The first-order valence-corrected chi connectivity index (χ1v) is 8.82. The Kier molecular flexibility index (Phi) is 6.34. The molecule has 1 aromatic carbocycles. The van der Waals surface area contributed by atoms with E-state index in [2.05, 4.69) is 10.3 Å². The van der Waals surface area contributed by atoms with Gasteiger partial charge in [0.2, 0.25) is 0 Å². The molecule has 0 aliphatic carbocycles. The Hall–Kier alpha value is -1.92. The van der Waals surface area contributed by atoms with E-state index in [1.54, 1.807) is 17.5 Å². The lowest BCUT2D eigenvalue weighted by molar-refractivity contribution is -0.129. The van der Waals surface area contributed by atoms with E-state index in [-0.39, 0.29) is 11.6 Å². The van der Waals surface area contributed by atoms with E-state index in [9.17, 15) is 9.59 Å². The number of nitrogens with zero attached hydrogens (tertiary/aromatic N) is 1. The molecule has 0 saturated carbocycles. The van der Waals surface area contributed by atoms with E-state index >= 15 is 0 Å². The van der Waals surface area contributed by atoms with E-state index in [4.69, 9.17) is 16.3 Å². The van der Waals surface area contributed by atoms with Crippen LogP contribution in [0.25, 0.3) is 10.6 Å². The number of hydrogen-bond acceptors (Lipinski definition) is 5. The van der Waals surface area contributed by atoms with Crippen molar-refractivity contribution in [3.63, 3.8) is 0 Å². The average molecular weight is 367 g/mol. The summed E-state index contributed by atoms with van der Waals surface area (Å²) >= 11 is 7.28. The minimum Gasteiger partial charge on any atom is -0.448 e. The molecule has 0 bridgehead atoms. The van der Waals surface area contributed by atoms with E-state index in [1.807, 2.05) is 26.0 Å². The Morgan fingerprint density at radius 1 is 1.33 bits per heavy atom.